The maximum atomic E-state index is 13.2. The topological polar surface area (TPSA) is 175 Å². The van der Waals surface area contributed by atoms with Crippen molar-refractivity contribution in [3.8, 4) is 0 Å². The second kappa shape index (κ2) is 58.3. The molecule has 1 heterocycles. The van der Waals surface area contributed by atoms with Gasteiger partial charge in [-0.05, 0) is 109 Å². The molecule has 0 saturated carbocycles. The minimum atomic E-state index is -1.91. The van der Waals surface area contributed by atoms with E-state index in [1.54, 1.807) is 0 Å². The maximum Gasteiger partial charge on any atom is 0.335 e. The predicted octanol–water partition coefficient (Wildman–Crippen LogP) is 18.2. The van der Waals surface area contributed by atoms with Crippen LogP contribution in [0, 0.1) is 0 Å². The molecular formula is C71H120O12. The van der Waals surface area contributed by atoms with Crippen LogP contribution in [0.4, 0.5) is 0 Å². The number of rotatable bonds is 57. The van der Waals surface area contributed by atoms with Gasteiger partial charge in [-0.3, -0.25) is 14.4 Å². The van der Waals surface area contributed by atoms with Gasteiger partial charge < -0.3 is 39.0 Å². The molecule has 12 heteroatoms. The highest BCUT2D eigenvalue weighted by Gasteiger charge is 2.50. The Labute approximate surface area is 505 Å². The highest BCUT2D eigenvalue weighted by atomic mass is 16.7. The number of carboxylic acid groups (broad SMARTS) is 1. The second-order valence-corrected chi connectivity index (χ2v) is 22.7. The lowest BCUT2D eigenvalue weighted by Crippen LogP contribution is -2.61. The van der Waals surface area contributed by atoms with E-state index in [0.29, 0.717) is 19.3 Å². The molecule has 3 N–H and O–H groups in total. The van der Waals surface area contributed by atoms with Crippen molar-refractivity contribution in [1.29, 1.82) is 0 Å². The Kier molecular flexibility index (Phi) is 54.0. The zero-order valence-electron chi connectivity index (χ0n) is 52.7. The summed E-state index contributed by atoms with van der Waals surface area (Å²) in [6.07, 6.45) is 63.9. The lowest BCUT2D eigenvalue weighted by atomic mass is 9.98. The SMILES string of the molecule is CC/C=C\C/C=C\C/C=C\CCCCCCCCCC(=O)OCC(COC1OC(C(=O)O)C(O)C(O)C1OC(=O)CCCCCCCCCCC/C=C\CCCCCCCC)OC(=O)CCCCCCCCC/C=C\C/C=C\C/C=C\CC. The molecule has 1 fully saturated rings. The lowest BCUT2D eigenvalue weighted by Gasteiger charge is -2.40. The number of ether oxygens (including phenoxy) is 5. The summed E-state index contributed by atoms with van der Waals surface area (Å²) < 4.78 is 28.6. The summed E-state index contributed by atoms with van der Waals surface area (Å²) in [4.78, 5) is 51.4. The van der Waals surface area contributed by atoms with Gasteiger partial charge in [-0.15, -0.1) is 0 Å². The molecule has 0 radical (unpaired) electrons. The molecule has 0 amide bonds. The Morgan fingerprint density at radius 2 is 0.759 bits per heavy atom. The van der Waals surface area contributed by atoms with Crippen molar-refractivity contribution in [2.45, 2.75) is 327 Å². The molecule has 476 valence electrons. The van der Waals surface area contributed by atoms with Crippen molar-refractivity contribution in [3.05, 3.63) is 85.1 Å². The average Bonchev–Trinajstić information content (AvgIpc) is 3.58. The van der Waals surface area contributed by atoms with E-state index in [2.05, 4.69) is 106 Å². The number of esters is 3. The van der Waals surface area contributed by atoms with Crippen molar-refractivity contribution in [1.82, 2.24) is 0 Å². The number of carbonyl (C=O) groups is 4. The fourth-order valence-corrected chi connectivity index (χ4v) is 9.86. The summed E-state index contributed by atoms with van der Waals surface area (Å²) >= 11 is 0. The molecule has 0 bridgehead atoms. The quantitative estimate of drug-likeness (QED) is 0.0228. The molecule has 6 atom stereocenters. The summed E-state index contributed by atoms with van der Waals surface area (Å²) in [5.74, 6) is -3.14. The highest BCUT2D eigenvalue weighted by molar-refractivity contribution is 5.74. The minimum Gasteiger partial charge on any atom is -0.479 e. The van der Waals surface area contributed by atoms with Gasteiger partial charge >= 0.3 is 23.9 Å². The third-order valence-corrected chi connectivity index (χ3v) is 14.9. The van der Waals surface area contributed by atoms with Crippen molar-refractivity contribution in [2.24, 2.45) is 0 Å². The predicted molar refractivity (Wildman–Crippen MR) is 340 cm³/mol. The van der Waals surface area contributed by atoms with Gasteiger partial charge in [0.2, 0.25) is 0 Å². The molecule has 1 rings (SSSR count). The second-order valence-electron chi connectivity index (χ2n) is 22.7. The number of aliphatic hydroxyl groups is 2. The summed E-state index contributed by atoms with van der Waals surface area (Å²) in [7, 11) is 0. The largest absolute Gasteiger partial charge is 0.479 e. The van der Waals surface area contributed by atoms with Crippen LogP contribution in [0.2, 0.25) is 0 Å². The minimum absolute atomic E-state index is 0.0545. The first-order valence-corrected chi connectivity index (χ1v) is 33.6. The summed E-state index contributed by atoms with van der Waals surface area (Å²) in [5.41, 5.74) is 0. The fraction of sp³-hybridized carbons (Fsp3) is 0.746. The first-order chi connectivity index (χ1) is 40.6. The van der Waals surface area contributed by atoms with Crippen LogP contribution in [0.15, 0.2) is 85.1 Å². The van der Waals surface area contributed by atoms with E-state index in [0.717, 1.165) is 154 Å². The maximum absolute atomic E-state index is 13.2. The molecule has 0 aliphatic carbocycles. The zero-order chi connectivity index (χ0) is 60.3. The third kappa shape index (κ3) is 47.8. The number of aliphatic hydroxyl groups excluding tert-OH is 2. The van der Waals surface area contributed by atoms with E-state index in [1.165, 1.54) is 77.0 Å². The smallest absolute Gasteiger partial charge is 0.335 e. The van der Waals surface area contributed by atoms with Gasteiger partial charge in [-0.2, -0.15) is 0 Å². The first-order valence-electron chi connectivity index (χ1n) is 33.6. The Bertz CT molecular complexity index is 1760. The number of allylic oxidation sites excluding steroid dienone is 14. The normalized spacial score (nSPS) is 18.1. The Morgan fingerprint density at radius 1 is 0.410 bits per heavy atom. The summed E-state index contributed by atoms with van der Waals surface area (Å²) in [5, 5.41) is 31.6. The fourth-order valence-electron chi connectivity index (χ4n) is 9.86. The Hall–Kier alpha value is -4.10. The van der Waals surface area contributed by atoms with E-state index in [1.807, 2.05) is 0 Å². The molecule has 1 aliphatic heterocycles. The molecule has 12 nitrogen and oxygen atoms in total. The van der Waals surface area contributed by atoms with Gasteiger partial charge in [0, 0.05) is 19.3 Å². The van der Waals surface area contributed by atoms with Crippen molar-refractivity contribution in [3.63, 3.8) is 0 Å². The van der Waals surface area contributed by atoms with Crippen LogP contribution in [-0.4, -0.2) is 89.2 Å². The van der Waals surface area contributed by atoms with Gasteiger partial charge in [0.25, 0.3) is 0 Å². The average molecular weight is 1170 g/mol. The van der Waals surface area contributed by atoms with Gasteiger partial charge in [0.1, 0.15) is 18.8 Å². The van der Waals surface area contributed by atoms with Crippen LogP contribution in [0.3, 0.4) is 0 Å². The monoisotopic (exact) mass is 1160 g/mol. The van der Waals surface area contributed by atoms with Gasteiger partial charge in [0.05, 0.1) is 6.61 Å². The van der Waals surface area contributed by atoms with Crippen molar-refractivity contribution in [2.75, 3.05) is 13.2 Å². The number of carbonyl (C=O) groups excluding carboxylic acids is 3. The molecule has 0 aromatic rings. The van der Waals surface area contributed by atoms with Crippen molar-refractivity contribution < 1.29 is 58.2 Å². The molecule has 1 saturated heterocycles. The summed E-state index contributed by atoms with van der Waals surface area (Å²) in [6, 6.07) is 0. The molecule has 0 aromatic heterocycles. The number of unbranched alkanes of at least 4 members (excludes halogenated alkanes) is 29. The Morgan fingerprint density at radius 3 is 1.17 bits per heavy atom. The number of hydrogen-bond donors (Lipinski definition) is 3. The van der Waals surface area contributed by atoms with Crippen LogP contribution in [0.1, 0.15) is 290 Å². The van der Waals surface area contributed by atoms with E-state index in [4.69, 9.17) is 23.7 Å². The van der Waals surface area contributed by atoms with E-state index >= 15 is 0 Å². The van der Waals surface area contributed by atoms with E-state index in [-0.39, 0.29) is 25.9 Å². The molecule has 6 unspecified atom stereocenters. The molecule has 0 spiro atoms. The standard InChI is InChI=1S/C71H120O12/c1-4-7-10-13-16-19-22-25-28-31-32-35-38-41-44-47-50-53-56-59-65(74)82-69-67(76)66(75)68(70(77)78)83-71(69)80-61-62(81-64(73)58-55-52-49-46-43-40-37-34-30-27-24-21-18-15-12-9-6-3)60-79-63(72)57-54-51-48-45-42-39-36-33-29-26-23-20-17-14-11-8-5-2/h8-9,11-12,17-18,20-21,25-30,62,66-69,71,75-76H,4-7,10,13-16,19,22-24,31-61H2,1-3H3,(H,77,78)/b11-8-,12-9-,20-17-,21-18-,28-25-,29-26-,30-27-. The molecule has 83 heavy (non-hydrogen) atoms. The Balaban J connectivity index is 2.65. The number of carboxylic acids is 1. The van der Waals surface area contributed by atoms with Gasteiger partial charge in [0.15, 0.2) is 24.6 Å². The van der Waals surface area contributed by atoms with Gasteiger partial charge in [-0.25, -0.2) is 4.79 Å². The summed E-state index contributed by atoms with van der Waals surface area (Å²) in [6.45, 7) is 5.79. The van der Waals surface area contributed by atoms with Crippen LogP contribution in [-0.2, 0) is 42.9 Å². The third-order valence-electron chi connectivity index (χ3n) is 14.9. The van der Waals surface area contributed by atoms with E-state index in [9.17, 15) is 34.5 Å². The first kappa shape index (κ1) is 76.9. The zero-order valence-corrected chi connectivity index (χ0v) is 52.7. The van der Waals surface area contributed by atoms with Crippen LogP contribution in [0.25, 0.3) is 0 Å². The highest BCUT2D eigenvalue weighted by Crippen LogP contribution is 2.27. The van der Waals surface area contributed by atoms with Gasteiger partial charge in [-0.1, -0.05) is 247 Å². The molecule has 1 aliphatic rings. The molecular weight excluding hydrogens is 1040 g/mol. The van der Waals surface area contributed by atoms with Crippen LogP contribution >= 0.6 is 0 Å². The number of aliphatic carboxylic acids is 1. The molecule has 0 aromatic carbocycles. The van der Waals surface area contributed by atoms with Crippen molar-refractivity contribution >= 4 is 23.9 Å². The van der Waals surface area contributed by atoms with Crippen LogP contribution in [0.5, 0.6) is 0 Å². The lowest BCUT2D eigenvalue weighted by molar-refractivity contribution is -0.301. The van der Waals surface area contributed by atoms with E-state index < -0.39 is 67.3 Å². The number of hydrogen-bond acceptors (Lipinski definition) is 11. The van der Waals surface area contributed by atoms with Crippen LogP contribution < -0.4 is 0 Å².